The first-order valence-electron chi connectivity index (χ1n) is 6.07. The molecule has 0 aromatic heterocycles. The second-order valence-electron chi connectivity index (χ2n) is 5.31. The molecule has 1 aromatic carbocycles. The Bertz CT molecular complexity index is 426. The Morgan fingerprint density at radius 3 is 2.82 bits per heavy atom. The van der Waals surface area contributed by atoms with Crippen molar-refractivity contribution in [2.24, 2.45) is 0 Å². The number of benzene rings is 1. The van der Waals surface area contributed by atoms with Gasteiger partial charge in [0.2, 0.25) is 5.91 Å². The molecule has 0 atom stereocenters. The van der Waals surface area contributed by atoms with Crippen molar-refractivity contribution < 1.29 is 9.90 Å². The van der Waals surface area contributed by atoms with Crippen molar-refractivity contribution in [1.29, 1.82) is 0 Å². The fourth-order valence-electron chi connectivity index (χ4n) is 2.51. The van der Waals surface area contributed by atoms with Gasteiger partial charge in [-0.25, -0.2) is 0 Å². The molecule has 0 saturated carbocycles. The van der Waals surface area contributed by atoms with Gasteiger partial charge in [-0.05, 0) is 44.4 Å². The summed E-state index contributed by atoms with van der Waals surface area (Å²) in [6.07, 6.45) is 2.52. The standard InChI is InChI=1S/C14H19NO2/c1-14(2)7-4-8-15(14)13(17)10-11-5-3-6-12(16)9-11/h3,5-6,9,16H,4,7-8,10H2,1-2H3. The zero-order valence-electron chi connectivity index (χ0n) is 10.4. The summed E-state index contributed by atoms with van der Waals surface area (Å²) in [6.45, 7) is 5.07. The summed E-state index contributed by atoms with van der Waals surface area (Å²) in [5, 5.41) is 9.37. The largest absolute Gasteiger partial charge is 0.508 e. The molecule has 1 aliphatic rings. The SMILES string of the molecule is CC1(C)CCCN1C(=O)Cc1cccc(O)c1. The zero-order valence-corrected chi connectivity index (χ0v) is 10.4. The van der Waals surface area contributed by atoms with Gasteiger partial charge in [-0.3, -0.25) is 4.79 Å². The molecule has 0 unspecified atom stereocenters. The third-order valence-corrected chi connectivity index (χ3v) is 3.47. The topological polar surface area (TPSA) is 40.5 Å². The minimum absolute atomic E-state index is 0.0199. The molecule has 92 valence electrons. The molecular weight excluding hydrogens is 214 g/mol. The van der Waals surface area contributed by atoms with E-state index in [1.54, 1.807) is 18.2 Å². The first-order valence-corrected chi connectivity index (χ1v) is 6.07. The van der Waals surface area contributed by atoms with Crippen LogP contribution in [0.1, 0.15) is 32.3 Å². The molecule has 1 saturated heterocycles. The Hall–Kier alpha value is -1.51. The summed E-state index contributed by atoms with van der Waals surface area (Å²) in [5.74, 6) is 0.370. The van der Waals surface area contributed by atoms with E-state index in [1.807, 2.05) is 11.0 Å². The molecule has 2 rings (SSSR count). The van der Waals surface area contributed by atoms with Gasteiger partial charge in [0.1, 0.15) is 5.75 Å². The van der Waals surface area contributed by atoms with Crippen LogP contribution in [-0.2, 0) is 11.2 Å². The molecule has 1 aromatic rings. The molecular formula is C14H19NO2. The molecule has 0 radical (unpaired) electrons. The molecule has 0 spiro atoms. The van der Waals surface area contributed by atoms with Crippen LogP contribution in [0.2, 0.25) is 0 Å². The third-order valence-electron chi connectivity index (χ3n) is 3.47. The minimum Gasteiger partial charge on any atom is -0.508 e. The summed E-state index contributed by atoms with van der Waals surface area (Å²) >= 11 is 0. The van der Waals surface area contributed by atoms with Crippen LogP contribution in [0.5, 0.6) is 5.75 Å². The van der Waals surface area contributed by atoms with Gasteiger partial charge < -0.3 is 10.0 Å². The van der Waals surface area contributed by atoms with Crippen molar-refractivity contribution in [1.82, 2.24) is 4.90 Å². The highest BCUT2D eigenvalue weighted by Crippen LogP contribution is 2.28. The van der Waals surface area contributed by atoms with E-state index in [-0.39, 0.29) is 17.2 Å². The van der Waals surface area contributed by atoms with Crippen LogP contribution in [0.3, 0.4) is 0 Å². The number of amides is 1. The normalized spacial score (nSPS) is 18.4. The summed E-state index contributed by atoms with van der Waals surface area (Å²) < 4.78 is 0. The van der Waals surface area contributed by atoms with E-state index in [2.05, 4.69) is 13.8 Å². The van der Waals surface area contributed by atoms with Gasteiger partial charge in [0, 0.05) is 12.1 Å². The third kappa shape index (κ3) is 2.60. The van der Waals surface area contributed by atoms with Crippen LogP contribution >= 0.6 is 0 Å². The second-order valence-corrected chi connectivity index (χ2v) is 5.31. The van der Waals surface area contributed by atoms with Crippen LogP contribution < -0.4 is 0 Å². The summed E-state index contributed by atoms with van der Waals surface area (Å²) in [6, 6.07) is 6.92. The van der Waals surface area contributed by atoms with Crippen molar-refractivity contribution in [3.63, 3.8) is 0 Å². The number of carbonyl (C=O) groups excluding carboxylic acids is 1. The van der Waals surface area contributed by atoms with Crippen LogP contribution in [0, 0.1) is 0 Å². The number of rotatable bonds is 2. The van der Waals surface area contributed by atoms with Crippen molar-refractivity contribution in [3.05, 3.63) is 29.8 Å². The highest BCUT2D eigenvalue weighted by Gasteiger charge is 2.34. The Balaban J connectivity index is 2.07. The smallest absolute Gasteiger partial charge is 0.227 e. The highest BCUT2D eigenvalue weighted by atomic mass is 16.3. The highest BCUT2D eigenvalue weighted by molar-refractivity contribution is 5.79. The average Bonchev–Trinajstić information content (AvgIpc) is 2.58. The first kappa shape index (κ1) is 12.0. The fraction of sp³-hybridized carbons (Fsp3) is 0.500. The lowest BCUT2D eigenvalue weighted by atomic mass is 10.0. The fourth-order valence-corrected chi connectivity index (χ4v) is 2.51. The van der Waals surface area contributed by atoms with Gasteiger partial charge in [-0.15, -0.1) is 0 Å². The minimum atomic E-state index is -0.0199. The zero-order chi connectivity index (χ0) is 12.5. The predicted octanol–water partition coefficient (Wildman–Crippen LogP) is 2.34. The van der Waals surface area contributed by atoms with E-state index in [4.69, 9.17) is 0 Å². The monoisotopic (exact) mass is 233 g/mol. The van der Waals surface area contributed by atoms with Gasteiger partial charge in [0.05, 0.1) is 6.42 Å². The van der Waals surface area contributed by atoms with E-state index >= 15 is 0 Å². The number of carbonyl (C=O) groups is 1. The lowest BCUT2D eigenvalue weighted by Gasteiger charge is -2.31. The maximum absolute atomic E-state index is 12.2. The quantitative estimate of drug-likeness (QED) is 0.851. The van der Waals surface area contributed by atoms with Gasteiger partial charge in [-0.1, -0.05) is 12.1 Å². The van der Waals surface area contributed by atoms with E-state index < -0.39 is 0 Å². The maximum Gasteiger partial charge on any atom is 0.227 e. The number of hydrogen-bond acceptors (Lipinski definition) is 2. The molecule has 3 heteroatoms. The Kier molecular flexibility index (Phi) is 3.09. The number of aromatic hydroxyl groups is 1. The average molecular weight is 233 g/mol. The van der Waals surface area contributed by atoms with Crippen molar-refractivity contribution in [2.75, 3.05) is 6.54 Å². The maximum atomic E-state index is 12.2. The van der Waals surface area contributed by atoms with E-state index in [1.165, 1.54) is 0 Å². The molecule has 0 aliphatic carbocycles. The van der Waals surface area contributed by atoms with Crippen molar-refractivity contribution in [2.45, 2.75) is 38.6 Å². The van der Waals surface area contributed by atoms with Crippen LogP contribution in [0.15, 0.2) is 24.3 Å². The summed E-state index contributed by atoms with van der Waals surface area (Å²) in [5.41, 5.74) is 0.853. The second kappa shape index (κ2) is 4.40. The van der Waals surface area contributed by atoms with Crippen LogP contribution in [-0.4, -0.2) is 28.0 Å². The van der Waals surface area contributed by atoms with E-state index in [0.717, 1.165) is 24.9 Å². The number of phenolic OH excluding ortho intramolecular Hbond substituents is 1. The summed E-state index contributed by atoms with van der Waals surface area (Å²) in [7, 11) is 0. The molecule has 1 amide bonds. The Labute approximate surface area is 102 Å². The molecule has 0 bridgehead atoms. The van der Waals surface area contributed by atoms with Gasteiger partial charge >= 0.3 is 0 Å². The van der Waals surface area contributed by atoms with E-state index in [0.29, 0.717) is 6.42 Å². The lowest BCUT2D eigenvalue weighted by molar-refractivity contribution is -0.133. The molecule has 3 nitrogen and oxygen atoms in total. The molecule has 1 fully saturated rings. The lowest BCUT2D eigenvalue weighted by Crippen LogP contribution is -2.43. The summed E-state index contributed by atoms with van der Waals surface area (Å²) in [4.78, 5) is 14.1. The number of likely N-dealkylation sites (tertiary alicyclic amines) is 1. The first-order chi connectivity index (χ1) is 7.99. The Morgan fingerprint density at radius 1 is 1.47 bits per heavy atom. The predicted molar refractivity (Wildman–Crippen MR) is 66.8 cm³/mol. The van der Waals surface area contributed by atoms with Crippen molar-refractivity contribution >= 4 is 5.91 Å². The Morgan fingerprint density at radius 2 is 2.24 bits per heavy atom. The molecule has 17 heavy (non-hydrogen) atoms. The van der Waals surface area contributed by atoms with Gasteiger partial charge in [0.15, 0.2) is 0 Å². The van der Waals surface area contributed by atoms with Gasteiger partial charge in [0.25, 0.3) is 0 Å². The molecule has 1 N–H and O–H groups in total. The van der Waals surface area contributed by atoms with Gasteiger partial charge in [-0.2, -0.15) is 0 Å². The van der Waals surface area contributed by atoms with Crippen LogP contribution in [0.4, 0.5) is 0 Å². The molecule has 1 heterocycles. The van der Waals surface area contributed by atoms with Crippen molar-refractivity contribution in [3.8, 4) is 5.75 Å². The number of phenols is 1. The van der Waals surface area contributed by atoms with Crippen LogP contribution in [0.25, 0.3) is 0 Å². The number of nitrogens with zero attached hydrogens (tertiary/aromatic N) is 1. The van der Waals surface area contributed by atoms with E-state index in [9.17, 15) is 9.90 Å². The molecule has 1 aliphatic heterocycles. The number of hydrogen-bond donors (Lipinski definition) is 1.